The molecular weight excluding hydrogens is 268 g/mol. The number of ether oxygens (including phenoxy) is 1. The third-order valence-corrected chi connectivity index (χ3v) is 3.50. The van der Waals surface area contributed by atoms with E-state index in [4.69, 9.17) is 4.74 Å². The molecule has 0 radical (unpaired) electrons. The number of hydrogen-bond donors (Lipinski definition) is 1. The van der Waals surface area contributed by atoms with E-state index in [0.29, 0.717) is 13.1 Å². The Labute approximate surface area is 123 Å². The second-order valence-corrected chi connectivity index (χ2v) is 6.41. The largest absolute Gasteiger partial charge is 0.444 e. The number of aromatic amines is 1. The van der Waals surface area contributed by atoms with E-state index in [1.807, 2.05) is 32.9 Å². The fourth-order valence-corrected chi connectivity index (χ4v) is 2.53. The van der Waals surface area contributed by atoms with E-state index in [2.05, 4.69) is 15.0 Å². The van der Waals surface area contributed by atoms with Gasteiger partial charge < -0.3 is 14.6 Å². The summed E-state index contributed by atoms with van der Waals surface area (Å²) in [6.07, 6.45) is 2.37. The first-order chi connectivity index (χ1) is 9.92. The number of rotatable bonds is 1. The summed E-state index contributed by atoms with van der Waals surface area (Å²) in [5, 5.41) is 0. The van der Waals surface area contributed by atoms with Crippen LogP contribution < -0.4 is 0 Å². The summed E-state index contributed by atoms with van der Waals surface area (Å²) in [6, 6.07) is 3.84. The summed E-state index contributed by atoms with van der Waals surface area (Å²) >= 11 is 0. The van der Waals surface area contributed by atoms with Gasteiger partial charge in [-0.2, -0.15) is 0 Å². The molecule has 21 heavy (non-hydrogen) atoms. The van der Waals surface area contributed by atoms with Crippen molar-refractivity contribution >= 4 is 17.3 Å². The lowest BCUT2D eigenvalue weighted by Crippen LogP contribution is -2.35. The minimum absolute atomic E-state index is 0.215. The number of fused-ring (bicyclic) bond motifs is 1. The van der Waals surface area contributed by atoms with Gasteiger partial charge in [-0.3, -0.25) is 0 Å². The van der Waals surface area contributed by atoms with E-state index >= 15 is 0 Å². The summed E-state index contributed by atoms with van der Waals surface area (Å²) in [4.78, 5) is 25.9. The van der Waals surface area contributed by atoms with Crippen LogP contribution in [0, 0.1) is 0 Å². The molecule has 1 aliphatic rings. The van der Waals surface area contributed by atoms with Crippen LogP contribution in [0.25, 0.3) is 11.2 Å². The predicted octanol–water partition coefficient (Wildman–Crippen LogP) is 2.68. The van der Waals surface area contributed by atoms with Crippen molar-refractivity contribution in [3.63, 3.8) is 0 Å². The maximum Gasteiger partial charge on any atom is 0.410 e. The molecule has 0 bridgehead atoms. The number of nitrogens with zero attached hydrogens (tertiary/aromatic N) is 3. The van der Waals surface area contributed by atoms with Crippen molar-refractivity contribution in [2.24, 2.45) is 0 Å². The Bertz CT molecular complexity index is 626. The molecule has 3 rings (SSSR count). The Kier molecular flexibility index (Phi) is 3.31. The average Bonchev–Trinajstić information content (AvgIpc) is 3.03. The minimum atomic E-state index is -0.460. The zero-order valence-corrected chi connectivity index (χ0v) is 12.6. The zero-order chi connectivity index (χ0) is 15.0. The Hall–Kier alpha value is -2.11. The maximum atomic E-state index is 12.1. The smallest absolute Gasteiger partial charge is 0.410 e. The van der Waals surface area contributed by atoms with Crippen molar-refractivity contribution in [1.82, 2.24) is 19.9 Å². The van der Waals surface area contributed by atoms with E-state index in [9.17, 15) is 4.79 Å². The molecular formula is C15H20N4O2. The molecule has 2 aromatic heterocycles. The fourth-order valence-electron chi connectivity index (χ4n) is 2.53. The lowest BCUT2D eigenvalue weighted by Gasteiger charge is -2.24. The lowest BCUT2D eigenvalue weighted by atomic mass is 10.1. The fraction of sp³-hybridized carbons (Fsp3) is 0.533. The Morgan fingerprint density at radius 3 is 3.00 bits per heavy atom. The van der Waals surface area contributed by atoms with E-state index in [0.717, 1.165) is 23.4 Å². The maximum absolute atomic E-state index is 12.1. The van der Waals surface area contributed by atoms with Gasteiger partial charge in [0.05, 0.1) is 5.52 Å². The lowest BCUT2D eigenvalue weighted by molar-refractivity contribution is 0.0292. The molecule has 1 saturated heterocycles. The van der Waals surface area contributed by atoms with Crippen LogP contribution in [-0.2, 0) is 4.74 Å². The van der Waals surface area contributed by atoms with Gasteiger partial charge in [0.25, 0.3) is 0 Å². The number of amides is 1. The van der Waals surface area contributed by atoms with E-state index in [-0.39, 0.29) is 12.0 Å². The van der Waals surface area contributed by atoms with Crippen LogP contribution in [0.4, 0.5) is 4.79 Å². The van der Waals surface area contributed by atoms with Crippen LogP contribution in [0.5, 0.6) is 0 Å². The Morgan fingerprint density at radius 2 is 2.29 bits per heavy atom. The van der Waals surface area contributed by atoms with Gasteiger partial charge >= 0.3 is 6.09 Å². The average molecular weight is 288 g/mol. The molecule has 0 aromatic carbocycles. The van der Waals surface area contributed by atoms with Crippen molar-refractivity contribution in [2.75, 3.05) is 13.1 Å². The highest BCUT2D eigenvalue weighted by Gasteiger charge is 2.32. The number of H-pyrrole nitrogens is 1. The van der Waals surface area contributed by atoms with Gasteiger partial charge in [-0.15, -0.1) is 0 Å². The second kappa shape index (κ2) is 5.02. The Balaban J connectivity index is 1.70. The molecule has 0 saturated carbocycles. The highest BCUT2D eigenvalue weighted by Crippen LogP contribution is 2.27. The van der Waals surface area contributed by atoms with Gasteiger partial charge in [0.15, 0.2) is 5.65 Å². The summed E-state index contributed by atoms with van der Waals surface area (Å²) in [5.41, 5.74) is 1.20. The van der Waals surface area contributed by atoms with Gasteiger partial charge in [-0.25, -0.2) is 14.8 Å². The van der Waals surface area contributed by atoms with E-state index in [1.54, 1.807) is 11.1 Å². The van der Waals surface area contributed by atoms with Gasteiger partial charge in [-0.05, 0) is 39.3 Å². The summed E-state index contributed by atoms with van der Waals surface area (Å²) in [5.74, 6) is 1.11. The number of aromatic nitrogens is 3. The first-order valence-corrected chi connectivity index (χ1v) is 7.21. The molecule has 2 aromatic rings. The van der Waals surface area contributed by atoms with Crippen molar-refractivity contribution in [2.45, 2.75) is 38.7 Å². The van der Waals surface area contributed by atoms with Gasteiger partial charge in [0, 0.05) is 25.2 Å². The van der Waals surface area contributed by atoms with Crippen LogP contribution >= 0.6 is 0 Å². The first-order valence-electron chi connectivity index (χ1n) is 7.21. The second-order valence-electron chi connectivity index (χ2n) is 6.41. The van der Waals surface area contributed by atoms with Crippen LogP contribution in [0.15, 0.2) is 18.3 Å². The Morgan fingerprint density at radius 1 is 1.48 bits per heavy atom. The third kappa shape index (κ3) is 2.99. The number of carbonyl (C=O) groups excluding carboxylic acids is 1. The van der Waals surface area contributed by atoms with Crippen molar-refractivity contribution in [3.05, 3.63) is 24.2 Å². The number of nitrogens with one attached hydrogen (secondary N) is 1. The molecule has 1 N–H and O–H groups in total. The molecule has 6 nitrogen and oxygen atoms in total. The standard InChI is InChI=1S/C15H20N4O2/c1-15(2,3)21-14(20)19-8-6-10(9-19)12-17-11-5-4-7-16-13(11)18-12/h4-5,7,10H,6,8-9H2,1-3H3,(H,16,17,18). The number of imidazole rings is 1. The number of likely N-dealkylation sites (tertiary alicyclic amines) is 1. The summed E-state index contributed by atoms with van der Waals surface area (Å²) in [6.45, 7) is 6.97. The van der Waals surface area contributed by atoms with E-state index in [1.165, 1.54) is 0 Å². The molecule has 1 fully saturated rings. The minimum Gasteiger partial charge on any atom is -0.444 e. The van der Waals surface area contributed by atoms with Crippen molar-refractivity contribution in [3.8, 4) is 0 Å². The normalized spacial score (nSPS) is 19.2. The molecule has 1 unspecified atom stereocenters. The third-order valence-electron chi connectivity index (χ3n) is 3.50. The number of pyridine rings is 1. The van der Waals surface area contributed by atoms with Crippen molar-refractivity contribution < 1.29 is 9.53 Å². The van der Waals surface area contributed by atoms with E-state index < -0.39 is 5.60 Å². The monoisotopic (exact) mass is 288 g/mol. The van der Waals surface area contributed by atoms with Crippen LogP contribution in [-0.4, -0.2) is 44.6 Å². The van der Waals surface area contributed by atoms with Crippen LogP contribution in [0.2, 0.25) is 0 Å². The van der Waals surface area contributed by atoms with Crippen LogP contribution in [0.3, 0.4) is 0 Å². The summed E-state index contributed by atoms with van der Waals surface area (Å²) < 4.78 is 5.41. The predicted molar refractivity (Wildman–Crippen MR) is 79.1 cm³/mol. The molecule has 0 spiro atoms. The number of hydrogen-bond acceptors (Lipinski definition) is 4. The number of carbonyl (C=O) groups is 1. The zero-order valence-electron chi connectivity index (χ0n) is 12.6. The molecule has 1 aliphatic heterocycles. The van der Waals surface area contributed by atoms with Gasteiger partial charge in [-0.1, -0.05) is 0 Å². The molecule has 112 valence electrons. The quantitative estimate of drug-likeness (QED) is 0.875. The SMILES string of the molecule is CC(C)(C)OC(=O)N1CCC(c2nc3ncccc3[nH]2)C1. The molecule has 3 heterocycles. The molecule has 1 amide bonds. The highest BCUT2D eigenvalue weighted by molar-refractivity contribution is 5.70. The van der Waals surface area contributed by atoms with Gasteiger partial charge in [0.1, 0.15) is 11.4 Å². The molecule has 0 aliphatic carbocycles. The molecule has 6 heteroatoms. The van der Waals surface area contributed by atoms with Crippen molar-refractivity contribution in [1.29, 1.82) is 0 Å². The van der Waals surface area contributed by atoms with Crippen LogP contribution in [0.1, 0.15) is 38.9 Å². The highest BCUT2D eigenvalue weighted by atomic mass is 16.6. The molecule has 1 atom stereocenters. The topological polar surface area (TPSA) is 71.1 Å². The van der Waals surface area contributed by atoms with Gasteiger partial charge in [0.2, 0.25) is 0 Å². The summed E-state index contributed by atoms with van der Waals surface area (Å²) in [7, 11) is 0. The first kappa shape index (κ1) is 13.9.